The molecule has 2 aromatic carbocycles. The molecule has 0 saturated carbocycles. The summed E-state index contributed by atoms with van der Waals surface area (Å²) in [6.45, 7) is 3.22. The Bertz CT molecular complexity index is 836. The Morgan fingerprint density at radius 1 is 0.963 bits per heavy atom. The molecular formula is C21H20O6. The van der Waals surface area contributed by atoms with Crippen molar-refractivity contribution in [2.24, 2.45) is 5.92 Å². The van der Waals surface area contributed by atoms with Crippen molar-refractivity contribution < 1.29 is 28.6 Å². The van der Waals surface area contributed by atoms with Gasteiger partial charge in [0.2, 0.25) is 5.92 Å². The van der Waals surface area contributed by atoms with Crippen LogP contribution in [0, 0.1) is 5.92 Å². The number of esters is 2. The summed E-state index contributed by atoms with van der Waals surface area (Å²) in [6.07, 6.45) is -0.139. The van der Waals surface area contributed by atoms with Gasteiger partial charge in [-0.25, -0.2) is 0 Å². The molecule has 0 aromatic heterocycles. The number of benzene rings is 2. The van der Waals surface area contributed by atoms with Crippen LogP contribution in [0.4, 0.5) is 0 Å². The number of hydrogen-bond acceptors (Lipinski definition) is 6. The summed E-state index contributed by atoms with van der Waals surface area (Å²) in [6, 6.07) is 16.6. The molecule has 0 atom stereocenters. The van der Waals surface area contributed by atoms with Gasteiger partial charge < -0.3 is 14.2 Å². The predicted octanol–water partition coefficient (Wildman–Crippen LogP) is 2.83. The van der Waals surface area contributed by atoms with Gasteiger partial charge in [-0.15, -0.1) is 0 Å². The van der Waals surface area contributed by atoms with E-state index in [-0.39, 0.29) is 6.42 Å². The monoisotopic (exact) mass is 368 g/mol. The van der Waals surface area contributed by atoms with Crippen molar-refractivity contribution in [2.45, 2.75) is 32.7 Å². The molecule has 1 aliphatic rings. The van der Waals surface area contributed by atoms with Crippen molar-refractivity contribution in [3.05, 3.63) is 65.7 Å². The third-order valence-electron chi connectivity index (χ3n) is 4.06. The zero-order chi connectivity index (χ0) is 19.4. The predicted molar refractivity (Wildman–Crippen MR) is 95.7 cm³/mol. The average molecular weight is 368 g/mol. The molecule has 6 heteroatoms. The van der Waals surface area contributed by atoms with Crippen LogP contribution in [0.2, 0.25) is 0 Å². The fraction of sp³-hybridized carbons (Fsp3) is 0.286. The molecule has 0 radical (unpaired) electrons. The summed E-state index contributed by atoms with van der Waals surface area (Å²) in [5.74, 6) is -4.77. The summed E-state index contributed by atoms with van der Waals surface area (Å²) in [5, 5.41) is 0. The highest BCUT2D eigenvalue weighted by atomic mass is 16.7. The SMILES string of the molecule is CC1(C)OC(=O)C(C(=O)Cc2ccccc2OCc2ccccc2)C(=O)O1. The van der Waals surface area contributed by atoms with E-state index in [4.69, 9.17) is 14.2 Å². The standard InChI is InChI=1S/C21H20O6/c1-21(2)26-19(23)18(20(24)27-21)16(22)12-15-10-6-7-11-17(15)25-13-14-8-4-3-5-9-14/h3-11,18H,12-13H2,1-2H3. The number of para-hydroxylation sites is 1. The smallest absolute Gasteiger partial charge is 0.331 e. The van der Waals surface area contributed by atoms with Gasteiger partial charge in [-0.1, -0.05) is 48.5 Å². The Balaban J connectivity index is 1.71. The lowest BCUT2D eigenvalue weighted by molar-refractivity contribution is -0.238. The van der Waals surface area contributed by atoms with E-state index in [1.165, 1.54) is 13.8 Å². The molecule has 1 aliphatic heterocycles. The number of Topliss-reactive ketones (excluding diaryl/α,β-unsaturated/α-hetero) is 1. The second kappa shape index (κ2) is 7.61. The quantitative estimate of drug-likeness (QED) is 0.576. The largest absolute Gasteiger partial charge is 0.489 e. The van der Waals surface area contributed by atoms with Crippen LogP contribution in [-0.2, 0) is 36.9 Å². The molecule has 0 unspecified atom stereocenters. The zero-order valence-electron chi connectivity index (χ0n) is 15.1. The van der Waals surface area contributed by atoms with Gasteiger partial charge in [-0.05, 0) is 11.6 Å². The van der Waals surface area contributed by atoms with Gasteiger partial charge in [0.05, 0.1) is 0 Å². The number of hydrogen-bond donors (Lipinski definition) is 0. The maximum absolute atomic E-state index is 12.6. The van der Waals surface area contributed by atoms with Crippen molar-refractivity contribution in [3.63, 3.8) is 0 Å². The third-order valence-corrected chi connectivity index (χ3v) is 4.06. The molecular weight excluding hydrogens is 348 g/mol. The summed E-state index contributed by atoms with van der Waals surface area (Å²) in [4.78, 5) is 36.7. The van der Waals surface area contributed by atoms with Gasteiger partial charge in [-0.2, -0.15) is 0 Å². The van der Waals surface area contributed by atoms with Gasteiger partial charge in [0.1, 0.15) is 12.4 Å². The molecule has 1 fully saturated rings. The van der Waals surface area contributed by atoms with Crippen LogP contribution in [0.1, 0.15) is 25.0 Å². The maximum Gasteiger partial charge on any atom is 0.331 e. The lowest BCUT2D eigenvalue weighted by Gasteiger charge is -2.32. The van der Waals surface area contributed by atoms with Crippen molar-refractivity contribution in [1.29, 1.82) is 0 Å². The second-order valence-electron chi connectivity index (χ2n) is 6.70. The Kier molecular flexibility index (Phi) is 5.26. The highest BCUT2D eigenvalue weighted by Gasteiger charge is 2.47. The molecule has 6 nitrogen and oxygen atoms in total. The molecule has 140 valence electrons. The van der Waals surface area contributed by atoms with E-state index in [2.05, 4.69) is 0 Å². The number of ether oxygens (including phenoxy) is 3. The summed E-state index contributed by atoms with van der Waals surface area (Å²) in [7, 11) is 0. The minimum Gasteiger partial charge on any atom is -0.489 e. The van der Waals surface area contributed by atoms with Crippen molar-refractivity contribution >= 4 is 17.7 Å². The summed E-state index contributed by atoms with van der Waals surface area (Å²) >= 11 is 0. The van der Waals surface area contributed by atoms with Crippen LogP contribution in [-0.4, -0.2) is 23.5 Å². The molecule has 27 heavy (non-hydrogen) atoms. The number of cyclic esters (lactones) is 2. The van der Waals surface area contributed by atoms with E-state index in [1.807, 2.05) is 30.3 Å². The lowest BCUT2D eigenvalue weighted by Crippen LogP contribution is -2.49. The molecule has 0 spiro atoms. The Hall–Kier alpha value is -3.15. The van der Waals surface area contributed by atoms with Crippen LogP contribution in [0.25, 0.3) is 0 Å². The summed E-state index contributed by atoms with van der Waals surface area (Å²) in [5.41, 5.74) is 1.57. The molecule has 0 bridgehead atoms. The van der Waals surface area contributed by atoms with Gasteiger partial charge in [-0.3, -0.25) is 14.4 Å². The molecule has 0 amide bonds. The summed E-state index contributed by atoms with van der Waals surface area (Å²) < 4.78 is 15.8. The average Bonchev–Trinajstić information content (AvgIpc) is 2.60. The van der Waals surface area contributed by atoms with Gasteiger partial charge in [0, 0.05) is 25.8 Å². The van der Waals surface area contributed by atoms with E-state index in [9.17, 15) is 14.4 Å². The van der Waals surface area contributed by atoms with Gasteiger partial charge in [0.15, 0.2) is 5.78 Å². The number of rotatable bonds is 6. The van der Waals surface area contributed by atoms with E-state index >= 15 is 0 Å². The highest BCUT2D eigenvalue weighted by molar-refractivity contribution is 6.16. The molecule has 1 heterocycles. The third kappa shape index (κ3) is 4.53. The first kappa shape index (κ1) is 18.6. The number of carbonyl (C=O) groups excluding carboxylic acids is 3. The van der Waals surface area contributed by atoms with Gasteiger partial charge >= 0.3 is 11.9 Å². The van der Waals surface area contributed by atoms with Crippen LogP contribution >= 0.6 is 0 Å². The molecule has 1 saturated heterocycles. The van der Waals surface area contributed by atoms with Crippen LogP contribution in [0.3, 0.4) is 0 Å². The maximum atomic E-state index is 12.6. The highest BCUT2D eigenvalue weighted by Crippen LogP contribution is 2.26. The fourth-order valence-corrected chi connectivity index (χ4v) is 2.80. The fourth-order valence-electron chi connectivity index (χ4n) is 2.80. The van der Waals surface area contributed by atoms with E-state index < -0.39 is 29.4 Å². The van der Waals surface area contributed by atoms with Crippen LogP contribution < -0.4 is 4.74 Å². The first-order valence-corrected chi connectivity index (χ1v) is 8.59. The van der Waals surface area contributed by atoms with Gasteiger partial charge in [0.25, 0.3) is 5.79 Å². The number of ketones is 1. The first-order chi connectivity index (χ1) is 12.9. The number of carbonyl (C=O) groups is 3. The Labute approximate surface area is 157 Å². The molecule has 0 aliphatic carbocycles. The molecule has 2 aromatic rings. The molecule has 0 N–H and O–H groups in total. The second-order valence-corrected chi connectivity index (χ2v) is 6.70. The van der Waals surface area contributed by atoms with E-state index in [0.29, 0.717) is 17.9 Å². The van der Waals surface area contributed by atoms with Crippen LogP contribution in [0.5, 0.6) is 5.75 Å². The normalized spacial score (nSPS) is 16.4. The van der Waals surface area contributed by atoms with Crippen molar-refractivity contribution in [1.82, 2.24) is 0 Å². The van der Waals surface area contributed by atoms with Crippen molar-refractivity contribution in [2.75, 3.05) is 0 Å². The van der Waals surface area contributed by atoms with Crippen molar-refractivity contribution in [3.8, 4) is 5.75 Å². The van der Waals surface area contributed by atoms with E-state index in [1.54, 1.807) is 24.3 Å². The topological polar surface area (TPSA) is 78.9 Å². The minimum atomic E-state index is -1.57. The molecule has 3 rings (SSSR count). The lowest BCUT2D eigenvalue weighted by atomic mass is 9.96. The van der Waals surface area contributed by atoms with E-state index in [0.717, 1.165) is 5.56 Å². The minimum absolute atomic E-state index is 0.139. The zero-order valence-corrected chi connectivity index (χ0v) is 15.1. The first-order valence-electron chi connectivity index (χ1n) is 8.59. The van der Waals surface area contributed by atoms with Crippen LogP contribution in [0.15, 0.2) is 54.6 Å². The Morgan fingerprint density at radius 2 is 1.56 bits per heavy atom. The Morgan fingerprint density at radius 3 is 2.22 bits per heavy atom.